The van der Waals surface area contributed by atoms with Gasteiger partial charge in [0.15, 0.2) is 5.82 Å². The van der Waals surface area contributed by atoms with Crippen molar-refractivity contribution in [3.8, 4) is 0 Å². The van der Waals surface area contributed by atoms with Crippen LogP contribution in [-0.2, 0) is 11.3 Å². The topological polar surface area (TPSA) is 89.9 Å². The lowest BCUT2D eigenvalue weighted by atomic mass is 10.2. The average Bonchev–Trinajstić information content (AvgIpc) is 3.27. The molecule has 8 heteroatoms. The van der Waals surface area contributed by atoms with Crippen LogP contribution in [0.1, 0.15) is 63.2 Å². The fraction of sp³-hybridized carbons (Fsp3) is 0.667. The molecule has 0 spiro atoms. The van der Waals surface area contributed by atoms with E-state index in [2.05, 4.69) is 20.2 Å². The van der Waals surface area contributed by atoms with E-state index in [1.54, 1.807) is 11.0 Å². The van der Waals surface area contributed by atoms with Crippen LogP contribution in [0.15, 0.2) is 17.2 Å². The van der Waals surface area contributed by atoms with Gasteiger partial charge in [-0.1, -0.05) is 19.0 Å². The highest BCUT2D eigenvalue weighted by Gasteiger charge is 2.33. The number of rotatable bonds is 6. The Hall–Kier alpha value is -2.25. The summed E-state index contributed by atoms with van der Waals surface area (Å²) in [5.74, 6) is 1.61. The van der Waals surface area contributed by atoms with Crippen molar-refractivity contribution in [3.63, 3.8) is 0 Å². The van der Waals surface area contributed by atoms with Gasteiger partial charge in [0.2, 0.25) is 11.8 Å². The summed E-state index contributed by atoms with van der Waals surface area (Å²) in [7, 11) is 0. The van der Waals surface area contributed by atoms with Gasteiger partial charge >= 0.3 is 0 Å². The molecule has 1 aliphatic rings. The molecule has 1 aliphatic heterocycles. The van der Waals surface area contributed by atoms with Crippen LogP contribution in [0.25, 0.3) is 0 Å². The average molecular weight is 318 g/mol. The number of hydrogen-bond acceptors (Lipinski definition) is 6. The maximum atomic E-state index is 12.5. The third-order valence-electron chi connectivity index (χ3n) is 4.07. The highest BCUT2D eigenvalue weighted by atomic mass is 16.5. The van der Waals surface area contributed by atoms with Crippen LogP contribution in [0.4, 0.5) is 0 Å². The molecule has 0 saturated carbocycles. The highest BCUT2D eigenvalue weighted by Crippen LogP contribution is 2.31. The normalized spacial score (nSPS) is 18.0. The lowest BCUT2D eigenvalue weighted by Crippen LogP contribution is -2.31. The zero-order valence-corrected chi connectivity index (χ0v) is 13.6. The number of amides is 1. The van der Waals surface area contributed by atoms with Crippen LogP contribution in [-0.4, -0.2) is 42.3 Å². The van der Waals surface area contributed by atoms with E-state index < -0.39 is 0 Å². The molecule has 1 saturated heterocycles. The summed E-state index contributed by atoms with van der Waals surface area (Å²) in [4.78, 5) is 22.7. The number of carbonyl (C=O) groups excluding carboxylic acids is 1. The second-order valence-corrected chi connectivity index (χ2v) is 6.15. The standard InChI is InChI=1S/C15H22N6O2/c1-11(2)15-18-14(19-23-15)12-5-3-8-21(12)13(22)6-4-7-20-10-16-9-17-20/h9-12H,3-8H2,1-2H3/t12-/m0/s1. The minimum absolute atomic E-state index is 0.0508. The molecule has 0 unspecified atom stereocenters. The second-order valence-electron chi connectivity index (χ2n) is 6.15. The Labute approximate surface area is 134 Å². The SMILES string of the molecule is CC(C)c1nc([C@@H]2CCCN2C(=O)CCCn2cncn2)no1. The first-order valence-corrected chi connectivity index (χ1v) is 8.10. The first kappa shape index (κ1) is 15.6. The molecule has 8 nitrogen and oxygen atoms in total. The van der Waals surface area contributed by atoms with Crippen LogP contribution >= 0.6 is 0 Å². The molecule has 1 atom stereocenters. The van der Waals surface area contributed by atoms with Crippen molar-refractivity contribution in [2.75, 3.05) is 6.54 Å². The molecule has 1 amide bonds. The predicted molar refractivity (Wildman–Crippen MR) is 81.3 cm³/mol. The van der Waals surface area contributed by atoms with Crippen molar-refractivity contribution < 1.29 is 9.32 Å². The zero-order chi connectivity index (χ0) is 16.2. The van der Waals surface area contributed by atoms with Crippen molar-refractivity contribution in [1.29, 1.82) is 0 Å². The van der Waals surface area contributed by atoms with Gasteiger partial charge in [0.1, 0.15) is 12.7 Å². The van der Waals surface area contributed by atoms with Crippen LogP contribution in [0.2, 0.25) is 0 Å². The van der Waals surface area contributed by atoms with E-state index in [4.69, 9.17) is 4.52 Å². The molecule has 23 heavy (non-hydrogen) atoms. The first-order valence-electron chi connectivity index (χ1n) is 8.10. The summed E-state index contributed by atoms with van der Waals surface area (Å²) in [5.41, 5.74) is 0. The van der Waals surface area contributed by atoms with Crippen LogP contribution in [0.3, 0.4) is 0 Å². The van der Waals surface area contributed by atoms with Crippen LogP contribution < -0.4 is 0 Å². The Morgan fingerprint density at radius 1 is 1.48 bits per heavy atom. The predicted octanol–water partition coefficient (Wildman–Crippen LogP) is 1.93. The zero-order valence-electron chi connectivity index (χ0n) is 13.6. The Balaban J connectivity index is 1.57. The molecule has 0 radical (unpaired) electrons. The lowest BCUT2D eigenvalue weighted by molar-refractivity contribution is -0.132. The van der Waals surface area contributed by atoms with E-state index in [-0.39, 0.29) is 17.9 Å². The largest absolute Gasteiger partial charge is 0.339 e. The van der Waals surface area contributed by atoms with Crippen molar-refractivity contribution in [3.05, 3.63) is 24.4 Å². The van der Waals surface area contributed by atoms with Crippen molar-refractivity contribution in [2.24, 2.45) is 0 Å². The molecule has 0 N–H and O–H groups in total. The van der Waals surface area contributed by atoms with Crippen molar-refractivity contribution in [2.45, 2.75) is 58.0 Å². The van der Waals surface area contributed by atoms with Gasteiger partial charge in [-0.3, -0.25) is 9.48 Å². The number of likely N-dealkylation sites (tertiary alicyclic amines) is 1. The van der Waals surface area contributed by atoms with E-state index in [1.807, 2.05) is 18.7 Å². The van der Waals surface area contributed by atoms with Crippen LogP contribution in [0.5, 0.6) is 0 Å². The number of carbonyl (C=O) groups is 1. The Morgan fingerprint density at radius 3 is 3.04 bits per heavy atom. The van der Waals surface area contributed by atoms with Gasteiger partial charge in [-0.15, -0.1) is 0 Å². The quantitative estimate of drug-likeness (QED) is 0.808. The monoisotopic (exact) mass is 318 g/mol. The lowest BCUT2D eigenvalue weighted by Gasteiger charge is -2.22. The first-order chi connectivity index (χ1) is 11.1. The summed E-state index contributed by atoms with van der Waals surface area (Å²) in [5, 5.41) is 8.11. The van der Waals surface area contributed by atoms with Gasteiger partial charge in [0, 0.05) is 25.4 Å². The van der Waals surface area contributed by atoms with E-state index in [0.717, 1.165) is 25.8 Å². The molecule has 3 rings (SSSR count). The summed E-state index contributed by atoms with van der Waals surface area (Å²) >= 11 is 0. The maximum absolute atomic E-state index is 12.5. The van der Waals surface area contributed by atoms with E-state index in [1.165, 1.54) is 6.33 Å². The van der Waals surface area contributed by atoms with Crippen molar-refractivity contribution >= 4 is 5.91 Å². The van der Waals surface area contributed by atoms with E-state index >= 15 is 0 Å². The summed E-state index contributed by atoms with van der Waals surface area (Å²) in [6, 6.07) is -0.0508. The molecule has 2 aromatic heterocycles. The number of aryl methyl sites for hydroxylation is 1. The number of hydrogen-bond donors (Lipinski definition) is 0. The molecule has 3 heterocycles. The third-order valence-corrected chi connectivity index (χ3v) is 4.07. The van der Waals surface area contributed by atoms with Gasteiger partial charge in [-0.05, 0) is 19.3 Å². The minimum Gasteiger partial charge on any atom is -0.339 e. The fourth-order valence-corrected chi connectivity index (χ4v) is 2.83. The summed E-state index contributed by atoms with van der Waals surface area (Å²) in [6.07, 6.45) is 6.27. The summed E-state index contributed by atoms with van der Waals surface area (Å²) in [6.45, 7) is 5.49. The second kappa shape index (κ2) is 6.89. The van der Waals surface area contributed by atoms with E-state index in [9.17, 15) is 4.79 Å². The summed E-state index contributed by atoms with van der Waals surface area (Å²) < 4.78 is 7.02. The maximum Gasteiger partial charge on any atom is 0.229 e. The molecular formula is C15H22N6O2. The minimum atomic E-state index is -0.0508. The molecule has 1 fully saturated rings. The Kier molecular flexibility index (Phi) is 4.68. The van der Waals surface area contributed by atoms with Crippen LogP contribution in [0, 0.1) is 0 Å². The third kappa shape index (κ3) is 3.57. The van der Waals surface area contributed by atoms with Gasteiger partial charge < -0.3 is 9.42 Å². The Bertz CT molecular complexity index is 636. The fourth-order valence-electron chi connectivity index (χ4n) is 2.83. The Morgan fingerprint density at radius 2 is 2.35 bits per heavy atom. The van der Waals surface area contributed by atoms with Gasteiger partial charge in [0.05, 0.1) is 6.04 Å². The smallest absolute Gasteiger partial charge is 0.229 e. The molecule has 0 bridgehead atoms. The van der Waals surface area contributed by atoms with E-state index in [0.29, 0.717) is 24.7 Å². The molecular weight excluding hydrogens is 296 g/mol. The number of aromatic nitrogens is 5. The highest BCUT2D eigenvalue weighted by molar-refractivity contribution is 5.76. The van der Waals surface area contributed by atoms with Gasteiger partial charge in [-0.2, -0.15) is 10.1 Å². The van der Waals surface area contributed by atoms with Crippen molar-refractivity contribution in [1.82, 2.24) is 29.8 Å². The molecule has 0 aromatic carbocycles. The van der Waals surface area contributed by atoms with Gasteiger partial charge in [-0.25, -0.2) is 4.98 Å². The molecule has 2 aromatic rings. The van der Waals surface area contributed by atoms with Gasteiger partial charge in [0.25, 0.3) is 0 Å². The molecule has 0 aliphatic carbocycles. The number of nitrogens with zero attached hydrogens (tertiary/aromatic N) is 6. The molecule has 124 valence electrons.